The fourth-order valence-corrected chi connectivity index (χ4v) is 3.62. The Morgan fingerprint density at radius 1 is 0.857 bits per heavy atom. The van der Waals surface area contributed by atoms with Crippen molar-refractivity contribution in [2.24, 2.45) is 0 Å². The van der Waals surface area contributed by atoms with Gasteiger partial charge >= 0.3 is 0 Å². The van der Waals surface area contributed by atoms with E-state index in [2.05, 4.69) is 28.2 Å². The van der Waals surface area contributed by atoms with E-state index in [4.69, 9.17) is 46.4 Å². The van der Waals surface area contributed by atoms with Gasteiger partial charge in [0.25, 0.3) is 0 Å². The molecule has 1 aromatic rings. The minimum absolute atomic E-state index is 0. The van der Waals surface area contributed by atoms with Gasteiger partial charge in [0.15, 0.2) is 0 Å². The molecule has 0 unspecified atom stereocenters. The molecule has 0 bridgehead atoms. The van der Waals surface area contributed by atoms with Gasteiger partial charge in [0.05, 0.1) is 48.3 Å². The molecule has 0 N–H and O–H groups in total. The molecule has 1 aromatic carbocycles. The van der Waals surface area contributed by atoms with Gasteiger partial charge < -0.3 is 21.4 Å². The summed E-state index contributed by atoms with van der Waals surface area (Å²) in [7, 11) is 8.82. The molecule has 7 heteroatoms. The lowest BCUT2D eigenvalue weighted by molar-refractivity contribution is -0.961. The first-order chi connectivity index (χ1) is 9.04. The maximum Gasteiger partial charge on any atom is 0.129 e. The van der Waals surface area contributed by atoms with Crippen molar-refractivity contribution >= 4 is 46.4 Å². The quantitative estimate of drug-likeness (QED) is 0.415. The van der Waals surface area contributed by atoms with Crippen molar-refractivity contribution in [1.29, 1.82) is 0 Å². The topological polar surface area (TPSA) is 0 Å². The maximum atomic E-state index is 6.34. The zero-order valence-corrected chi connectivity index (χ0v) is 16.4. The average Bonchev–Trinajstić information content (AvgIpc) is 2.70. The van der Waals surface area contributed by atoms with Gasteiger partial charge in [0.2, 0.25) is 0 Å². The number of halogens is 5. The second-order valence-electron chi connectivity index (χ2n) is 6.89. The molecule has 2 nitrogen and oxygen atoms in total. The van der Waals surface area contributed by atoms with E-state index in [1.54, 1.807) is 0 Å². The summed E-state index contributed by atoms with van der Waals surface area (Å²) < 4.78 is 1.83. The minimum atomic E-state index is 0. The van der Waals surface area contributed by atoms with Crippen LogP contribution in [0.2, 0.25) is 20.1 Å². The Kier molecular flexibility index (Phi) is 6.18. The molecular weight excluding hydrogens is 373 g/mol. The Balaban J connectivity index is 0.00000220. The number of hydrogen-bond acceptors (Lipinski definition) is 0. The van der Waals surface area contributed by atoms with Crippen molar-refractivity contribution in [2.75, 3.05) is 41.3 Å². The first-order valence-electron chi connectivity index (χ1n) is 6.52. The summed E-state index contributed by atoms with van der Waals surface area (Å²) in [6.07, 6.45) is 0. The summed E-state index contributed by atoms with van der Waals surface area (Å²) in [5.74, 6) is 0. The Bertz CT molecular complexity index is 515. The molecule has 1 aliphatic heterocycles. The van der Waals surface area contributed by atoms with Crippen LogP contribution in [0.5, 0.6) is 0 Å². The molecule has 0 atom stereocenters. The molecule has 2 rings (SSSR count). The maximum absolute atomic E-state index is 6.34. The van der Waals surface area contributed by atoms with Gasteiger partial charge in [-0.2, -0.15) is 0 Å². The third-order valence-electron chi connectivity index (χ3n) is 3.86. The van der Waals surface area contributed by atoms with Gasteiger partial charge in [0, 0.05) is 11.1 Å². The van der Waals surface area contributed by atoms with E-state index in [1.165, 1.54) is 0 Å². The highest BCUT2D eigenvalue weighted by molar-refractivity contribution is 6.52. The van der Waals surface area contributed by atoms with E-state index in [-0.39, 0.29) is 12.4 Å². The number of fused-ring (bicyclic) bond motifs is 1. The van der Waals surface area contributed by atoms with Crippen LogP contribution in [0, 0.1) is 0 Å². The predicted molar refractivity (Wildman–Crippen MR) is 87.8 cm³/mol. The van der Waals surface area contributed by atoms with Crippen molar-refractivity contribution < 1.29 is 21.4 Å². The normalized spacial score (nSPS) is 16.6. The van der Waals surface area contributed by atoms with Crippen LogP contribution in [0.4, 0.5) is 0 Å². The average molecular weight is 394 g/mol. The van der Waals surface area contributed by atoms with Gasteiger partial charge in [-0.1, -0.05) is 46.4 Å². The lowest BCUT2D eigenvalue weighted by Gasteiger charge is -2.33. The molecule has 0 aliphatic carbocycles. The number of likely N-dealkylation sites (N-methyl/N-ethyl adjacent to an activating group) is 2. The SMILES string of the molecule is C[N+](C)(C)CC[N+]1(C)Cc2c(Cl)c(Cl)c(Cl)c(Cl)c2C1.[Cl-]. The van der Waals surface area contributed by atoms with E-state index in [9.17, 15) is 0 Å². The van der Waals surface area contributed by atoms with E-state index in [0.29, 0.717) is 20.1 Å². The van der Waals surface area contributed by atoms with Gasteiger partial charge in [-0.15, -0.1) is 0 Å². The van der Waals surface area contributed by atoms with Crippen molar-refractivity contribution in [2.45, 2.75) is 13.1 Å². The highest BCUT2D eigenvalue weighted by Crippen LogP contribution is 2.46. The summed E-state index contributed by atoms with van der Waals surface area (Å²) in [6.45, 7) is 3.84. The second-order valence-corrected chi connectivity index (χ2v) is 8.40. The van der Waals surface area contributed by atoms with E-state index in [1.807, 2.05) is 0 Å². The number of rotatable bonds is 3. The molecule has 0 saturated heterocycles. The zero-order valence-electron chi connectivity index (χ0n) is 12.6. The third-order valence-corrected chi connectivity index (χ3v) is 5.74. The van der Waals surface area contributed by atoms with Crippen molar-refractivity contribution in [3.05, 3.63) is 31.2 Å². The largest absolute Gasteiger partial charge is 1.00 e. The molecule has 0 saturated carbocycles. The minimum Gasteiger partial charge on any atom is -1.00 e. The molecule has 0 aromatic heterocycles. The summed E-state index contributed by atoms with van der Waals surface area (Å²) in [5.41, 5.74) is 2.10. The first kappa shape index (κ1) is 19.6. The summed E-state index contributed by atoms with van der Waals surface area (Å²) in [4.78, 5) is 0. The summed E-state index contributed by atoms with van der Waals surface area (Å²) in [5, 5.41) is 1.86. The lowest BCUT2D eigenvalue weighted by Crippen LogP contribution is -3.00. The van der Waals surface area contributed by atoms with Gasteiger partial charge in [-0.25, -0.2) is 0 Å². The van der Waals surface area contributed by atoms with Crippen LogP contribution in [0.25, 0.3) is 0 Å². The van der Waals surface area contributed by atoms with Crippen LogP contribution in [0.15, 0.2) is 0 Å². The molecule has 21 heavy (non-hydrogen) atoms. The third kappa shape index (κ3) is 4.11. The van der Waals surface area contributed by atoms with Gasteiger partial charge in [-0.3, -0.25) is 0 Å². The molecule has 0 radical (unpaired) electrons. The molecule has 0 spiro atoms. The Hall–Kier alpha value is 0.590. The Morgan fingerprint density at radius 3 is 1.57 bits per heavy atom. The smallest absolute Gasteiger partial charge is 0.129 e. The van der Waals surface area contributed by atoms with Crippen molar-refractivity contribution in [1.82, 2.24) is 0 Å². The monoisotopic (exact) mass is 391 g/mol. The number of benzene rings is 1. The molecule has 120 valence electrons. The summed E-state index contributed by atoms with van der Waals surface area (Å²) >= 11 is 25.0. The number of hydrogen-bond donors (Lipinski definition) is 0. The number of nitrogens with zero attached hydrogens (tertiary/aromatic N) is 2. The van der Waals surface area contributed by atoms with Crippen LogP contribution in [0.1, 0.15) is 11.1 Å². The van der Waals surface area contributed by atoms with Crippen LogP contribution in [-0.4, -0.2) is 50.2 Å². The lowest BCUT2D eigenvalue weighted by atomic mass is 10.1. The first-order valence-corrected chi connectivity index (χ1v) is 8.03. The fraction of sp³-hybridized carbons (Fsp3) is 0.571. The standard InChI is InChI=1S/C14H20Cl4N2.ClH/c1-19(2,3)5-6-20(4)7-9-10(8-20)12(16)14(18)13(17)11(9)15;/h5-8H2,1-4H3;1H/q+2;/p-1. The van der Waals surface area contributed by atoms with Crippen LogP contribution >= 0.6 is 46.4 Å². The highest BCUT2D eigenvalue weighted by Gasteiger charge is 2.38. The van der Waals surface area contributed by atoms with E-state index in [0.717, 1.165) is 46.3 Å². The second kappa shape index (κ2) is 6.60. The van der Waals surface area contributed by atoms with Gasteiger partial charge in [-0.05, 0) is 0 Å². The number of quaternary nitrogens is 2. The predicted octanol–water partition coefficient (Wildman–Crippen LogP) is 1.47. The fourth-order valence-electron chi connectivity index (χ4n) is 2.57. The molecule has 1 aliphatic rings. The highest BCUT2D eigenvalue weighted by atomic mass is 35.5. The van der Waals surface area contributed by atoms with Crippen molar-refractivity contribution in [3.8, 4) is 0 Å². The molecule has 1 heterocycles. The molecular formula is C14H20Cl5N2+. The van der Waals surface area contributed by atoms with Crippen LogP contribution < -0.4 is 12.4 Å². The van der Waals surface area contributed by atoms with Crippen LogP contribution in [0.3, 0.4) is 0 Å². The molecule has 0 fully saturated rings. The van der Waals surface area contributed by atoms with E-state index >= 15 is 0 Å². The van der Waals surface area contributed by atoms with E-state index < -0.39 is 0 Å². The summed E-state index contributed by atoms with van der Waals surface area (Å²) in [6, 6.07) is 0. The zero-order chi connectivity index (χ0) is 15.3. The van der Waals surface area contributed by atoms with Crippen molar-refractivity contribution in [3.63, 3.8) is 0 Å². The molecule has 0 amide bonds. The van der Waals surface area contributed by atoms with Crippen LogP contribution in [-0.2, 0) is 13.1 Å². The Morgan fingerprint density at radius 2 is 1.24 bits per heavy atom. The van der Waals surface area contributed by atoms with Gasteiger partial charge in [0.1, 0.15) is 26.2 Å². The Labute approximate surface area is 153 Å².